The van der Waals surface area contributed by atoms with Gasteiger partial charge in [0.05, 0.1) is 19.8 Å². The molecule has 0 saturated carbocycles. The predicted molar refractivity (Wildman–Crippen MR) is 76.2 cm³/mol. The molecule has 0 amide bonds. The molecule has 5 nitrogen and oxygen atoms in total. The van der Waals surface area contributed by atoms with E-state index in [9.17, 15) is 0 Å². The standard InChI is InChI=1S/C15H17N3O2/c1-10-9-14(19-2)18-15(16-10)17-12-7-8-20-13-6-4-3-5-11(12)13/h3-6,9,12H,7-8H2,1-2H3,(H,16,17,18). The fourth-order valence-corrected chi connectivity index (χ4v) is 2.36. The molecule has 0 radical (unpaired) electrons. The van der Waals surface area contributed by atoms with E-state index in [1.54, 1.807) is 7.11 Å². The number of hydrogen-bond acceptors (Lipinski definition) is 5. The summed E-state index contributed by atoms with van der Waals surface area (Å²) >= 11 is 0. The van der Waals surface area contributed by atoms with Crippen molar-refractivity contribution < 1.29 is 9.47 Å². The Bertz CT molecular complexity index is 616. The highest BCUT2D eigenvalue weighted by Crippen LogP contribution is 2.33. The Labute approximate surface area is 118 Å². The van der Waals surface area contributed by atoms with Gasteiger partial charge in [0.15, 0.2) is 0 Å². The van der Waals surface area contributed by atoms with Gasteiger partial charge >= 0.3 is 0 Å². The first-order valence-electron chi connectivity index (χ1n) is 6.64. The lowest BCUT2D eigenvalue weighted by Crippen LogP contribution is -2.21. The summed E-state index contributed by atoms with van der Waals surface area (Å²) in [5.74, 6) is 2.08. The van der Waals surface area contributed by atoms with Crippen molar-refractivity contribution in [1.82, 2.24) is 9.97 Å². The van der Waals surface area contributed by atoms with Crippen molar-refractivity contribution in [2.45, 2.75) is 19.4 Å². The molecule has 0 saturated heterocycles. The molecule has 2 aromatic rings. The number of fused-ring (bicyclic) bond motifs is 1. The second-order valence-corrected chi connectivity index (χ2v) is 4.75. The Hall–Kier alpha value is -2.30. The highest BCUT2D eigenvalue weighted by molar-refractivity contribution is 5.42. The minimum Gasteiger partial charge on any atom is -0.493 e. The summed E-state index contributed by atoms with van der Waals surface area (Å²) in [7, 11) is 1.61. The summed E-state index contributed by atoms with van der Waals surface area (Å²) in [6, 6.07) is 10.0. The molecule has 0 aliphatic carbocycles. The Kier molecular flexibility index (Phi) is 3.41. The van der Waals surface area contributed by atoms with E-state index in [-0.39, 0.29) is 6.04 Å². The summed E-state index contributed by atoms with van der Waals surface area (Å²) < 4.78 is 10.8. The van der Waals surface area contributed by atoms with Gasteiger partial charge in [0.1, 0.15) is 5.75 Å². The highest BCUT2D eigenvalue weighted by atomic mass is 16.5. The molecule has 5 heteroatoms. The van der Waals surface area contributed by atoms with Gasteiger partial charge < -0.3 is 14.8 Å². The number of rotatable bonds is 3. The molecule has 1 aromatic heterocycles. The first kappa shape index (κ1) is 12.7. The van der Waals surface area contributed by atoms with E-state index in [4.69, 9.17) is 9.47 Å². The van der Waals surface area contributed by atoms with Crippen LogP contribution >= 0.6 is 0 Å². The van der Waals surface area contributed by atoms with E-state index >= 15 is 0 Å². The van der Waals surface area contributed by atoms with Crippen LogP contribution in [0.4, 0.5) is 5.95 Å². The van der Waals surface area contributed by atoms with E-state index in [2.05, 4.69) is 21.4 Å². The zero-order chi connectivity index (χ0) is 13.9. The van der Waals surface area contributed by atoms with Crippen LogP contribution < -0.4 is 14.8 Å². The van der Waals surface area contributed by atoms with Gasteiger partial charge in [-0.3, -0.25) is 0 Å². The minimum absolute atomic E-state index is 0.159. The summed E-state index contributed by atoms with van der Waals surface area (Å²) in [5.41, 5.74) is 2.02. The van der Waals surface area contributed by atoms with Crippen molar-refractivity contribution in [2.24, 2.45) is 0 Å². The maximum Gasteiger partial charge on any atom is 0.226 e. The topological polar surface area (TPSA) is 56.3 Å². The number of ether oxygens (including phenoxy) is 2. The molecule has 0 spiro atoms. The van der Waals surface area contributed by atoms with Gasteiger partial charge in [-0.1, -0.05) is 18.2 Å². The van der Waals surface area contributed by atoms with Crippen molar-refractivity contribution in [2.75, 3.05) is 19.0 Å². The fraction of sp³-hybridized carbons (Fsp3) is 0.333. The van der Waals surface area contributed by atoms with Gasteiger partial charge in [0.25, 0.3) is 0 Å². The zero-order valence-corrected chi connectivity index (χ0v) is 11.6. The van der Waals surface area contributed by atoms with Crippen LogP contribution in [-0.4, -0.2) is 23.7 Å². The molecular formula is C15H17N3O2. The summed E-state index contributed by atoms with van der Waals surface area (Å²) in [5, 5.41) is 3.37. The van der Waals surface area contributed by atoms with Crippen LogP contribution in [0, 0.1) is 6.92 Å². The molecule has 1 unspecified atom stereocenters. The Morgan fingerprint density at radius 2 is 2.15 bits per heavy atom. The second kappa shape index (κ2) is 5.36. The average molecular weight is 271 g/mol. The minimum atomic E-state index is 0.159. The number of nitrogens with zero attached hydrogens (tertiary/aromatic N) is 2. The molecule has 2 heterocycles. The summed E-state index contributed by atoms with van der Waals surface area (Å²) in [6.07, 6.45) is 0.886. The van der Waals surface area contributed by atoms with Crippen molar-refractivity contribution in [3.8, 4) is 11.6 Å². The molecule has 20 heavy (non-hydrogen) atoms. The van der Waals surface area contributed by atoms with Crippen LogP contribution in [0.2, 0.25) is 0 Å². The highest BCUT2D eigenvalue weighted by Gasteiger charge is 2.21. The van der Waals surface area contributed by atoms with Crippen LogP contribution in [0.25, 0.3) is 0 Å². The van der Waals surface area contributed by atoms with Crippen molar-refractivity contribution in [3.63, 3.8) is 0 Å². The van der Waals surface area contributed by atoms with E-state index in [0.717, 1.165) is 23.4 Å². The third kappa shape index (κ3) is 2.52. The number of methoxy groups -OCH3 is 1. The fourth-order valence-electron chi connectivity index (χ4n) is 2.36. The van der Waals surface area contributed by atoms with E-state index in [1.807, 2.05) is 31.2 Å². The lowest BCUT2D eigenvalue weighted by Gasteiger charge is -2.26. The lowest BCUT2D eigenvalue weighted by molar-refractivity contribution is 0.274. The monoisotopic (exact) mass is 271 g/mol. The van der Waals surface area contributed by atoms with E-state index < -0.39 is 0 Å². The zero-order valence-electron chi connectivity index (χ0n) is 11.6. The number of aromatic nitrogens is 2. The average Bonchev–Trinajstić information content (AvgIpc) is 2.47. The Balaban J connectivity index is 1.87. The van der Waals surface area contributed by atoms with Gasteiger partial charge in [-0.2, -0.15) is 4.98 Å². The number of nitrogens with one attached hydrogen (secondary N) is 1. The van der Waals surface area contributed by atoms with Crippen LogP contribution in [0.15, 0.2) is 30.3 Å². The summed E-state index contributed by atoms with van der Waals surface area (Å²) in [4.78, 5) is 8.74. The first-order valence-corrected chi connectivity index (χ1v) is 6.64. The number of para-hydroxylation sites is 1. The third-order valence-corrected chi connectivity index (χ3v) is 3.30. The van der Waals surface area contributed by atoms with Crippen LogP contribution in [0.5, 0.6) is 11.6 Å². The second-order valence-electron chi connectivity index (χ2n) is 4.75. The van der Waals surface area contributed by atoms with Gasteiger partial charge in [0.2, 0.25) is 11.8 Å². The number of hydrogen-bond donors (Lipinski definition) is 1. The molecule has 1 N–H and O–H groups in total. The Morgan fingerprint density at radius 3 is 3.00 bits per heavy atom. The van der Waals surface area contributed by atoms with Gasteiger partial charge in [-0.05, 0) is 13.0 Å². The maximum absolute atomic E-state index is 5.65. The lowest BCUT2D eigenvalue weighted by atomic mass is 10.0. The SMILES string of the molecule is COc1cc(C)nc(NC2CCOc3ccccc32)n1. The van der Waals surface area contributed by atoms with Gasteiger partial charge in [0, 0.05) is 23.7 Å². The molecule has 104 valence electrons. The maximum atomic E-state index is 5.65. The molecule has 1 aromatic carbocycles. The van der Waals surface area contributed by atoms with E-state index in [1.165, 1.54) is 0 Å². The third-order valence-electron chi connectivity index (χ3n) is 3.30. The Morgan fingerprint density at radius 1 is 1.30 bits per heavy atom. The number of anilines is 1. The molecule has 0 bridgehead atoms. The van der Waals surface area contributed by atoms with Gasteiger partial charge in [-0.25, -0.2) is 4.98 Å². The smallest absolute Gasteiger partial charge is 0.226 e. The molecule has 1 aliphatic heterocycles. The van der Waals surface area contributed by atoms with Crippen LogP contribution in [0.3, 0.4) is 0 Å². The number of benzene rings is 1. The normalized spacial score (nSPS) is 17.0. The first-order chi connectivity index (χ1) is 9.76. The van der Waals surface area contributed by atoms with Crippen molar-refractivity contribution in [3.05, 3.63) is 41.6 Å². The van der Waals surface area contributed by atoms with Crippen molar-refractivity contribution in [1.29, 1.82) is 0 Å². The predicted octanol–water partition coefficient (Wildman–Crippen LogP) is 2.73. The molecule has 3 rings (SSSR count). The quantitative estimate of drug-likeness (QED) is 0.930. The van der Waals surface area contributed by atoms with E-state index in [0.29, 0.717) is 18.4 Å². The van der Waals surface area contributed by atoms with Crippen LogP contribution in [0.1, 0.15) is 23.7 Å². The largest absolute Gasteiger partial charge is 0.493 e. The summed E-state index contributed by atoms with van der Waals surface area (Å²) in [6.45, 7) is 2.62. The molecule has 1 atom stereocenters. The van der Waals surface area contributed by atoms with Crippen molar-refractivity contribution >= 4 is 5.95 Å². The number of aryl methyl sites for hydroxylation is 1. The molecule has 1 aliphatic rings. The molecule has 0 fully saturated rings. The van der Waals surface area contributed by atoms with Crippen LogP contribution in [-0.2, 0) is 0 Å². The molecular weight excluding hydrogens is 254 g/mol. The van der Waals surface area contributed by atoms with Gasteiger partial charge in [-0.15, -0.1) is 0 Å².